The van der Waals surface area contributed by atoms with Crippen LogP contribution in [0.25, 0.3) is 0 Å². The fourth-order valence-electron chi connectivity index (χ4n) is 1.84. The van der Waals surface area contributed by atoms with Crippen molar-refractivity contribution in [3.63, 3.8) is 0 Å². The minimum atomic E-state index is 0.0469. The first-order valence-corrected chi connectivity index (χ1v) is 7.70. The van der Waals surface area contributed by atoms with Crippen molar-refractivity contribution >= 4 is 23.0 Å². The van der Waals surface area contributed by atoms with Crippen molar-refractivity contribution in [2.75, 3.05) is 6.61 Å². The van der Waals surface area contributed by atoms with E-state index in [1.165, 1.54) is 0 Å². The summed E-state index contributed by atoms with van der Waals surface area (Å²) in [4.78, 5) is 0. The van der Waals surface area contributed by atoms with Crippen molar-refractivity contribution in [3.8, 4) is 11.5 Å². The van der Waals surface area contributed by atoms with E-state index in [2.05, 4.69) is 17.2 Å². The molecule has 0 aromatic heterocycles. The van der Waals surface area contributed by atoms with Gasteiger partial charge >= 0.3 is 0 Å². The highest BCUT2D eigenvalue weighted by Crippen LogP contribution is 2.32. The summed E-state index contributed by atoms with van der Waals surface area (Å²) in [5.74, 6) is 0.685. The van der Waals surface area contributed by atoms with E-state index in [4.69, 9.17) is 16.3 Å². The number of halogens is 1. The van der Waals surface area contributed by atoms with Gasteiger partial charge in [0.05, 0.1) is 12.3 Å². The Labute approximate surface area is 135 Å². The molecule has 0 fully saturated rings. The van der Waals surface area contributed by atoms with Crippen LogP contribution in [0, 0.1) is 0 Å². The first-order chi connectivity index (χ1) is 10.7. The molecule has 1 N–H and O–H groups in total. The average Bonchev–Trinajstić information content (AvgIpc) is 2.52. The lowest BCUT2D eigenvalue weighted by molar-refractivity contribution is 0.304. The molecule has 0 heterocycles. The van der Waals surface area contributed by atoms with Gasteiger partial charge in [0.1, 0.15) is 17.2 Å². The van der Waals surface area contributed by atoms with Gasteiger partial charge in [-0.2, -0.15) is 5.11 Å². The summed E-state index contributed by atoms with van der Waals surface area (Å²) >= 11 is 5.81. The van der Waals surface area contributed by atoms with E-state index in [-0.39, 0.29) is 5.75 Å². The minimum absolute atomic E-state index is 0.0469. The van der Waals surface area contributed by atoms with E-state index in [9.17, 15) is 5.11 Å². The predicted molar refractivity (Wildman–Crippen MR) is 88.8 cm³/mol. The zero-order valence-electron chi connectivity index (χ0n) is 12.5. The van der Waals surface area contributed by atoms with Crippen molar-refractivity contribution in [3.05, 3.63) is 47.5 Å². The number of unbranched alkanes of at least 4 members (excludes halogenated alkanes) is 2. The first-order valence-electron chi connectivity index (χ1n) is 7.32. The molecule has 0 atom stereocenters. The van der Waals surface area contributed by atoms with Crippen LogP contribution in [0.1, 0.15) is 26.2 Å². The third-order valence-corrected chi connectivity index (χ3v) is 3.32. The molecule has 0 saturated heterocycles. The van der Waals surface area contributed by atoms with Crippen LogP contribution in [0.5, 0.6) is 11.5 Å². The van der Waals surface area contributed by atoms with Crippen LogP contribution in [-0.2, 0) is 0 Å². The molecule has 0 unspecified atom stereocenters. The van der Waals surface area contributed by atoms with Gasteiger partial charge in [0.25, 0.3) is 0 Å². The molecule has 2 rings (SSSR count). The van der Waals surface area contributed by atoms with E-state index in [0.717, 1.165) is 19.3 Å². The number of hydrogen-bond donors (Lipinski definition) is 1. The molecule has 2 aromatic rings. The number of nitrogens with zero attached hydrogens (tertiary/aromatic N) is 2. The van der Waals surface area contributed by atoms with E-state index in [1.54, 1.807) is 42.5 Å². The molecule has 4 nitrogen and oxygen atoms in total. The molecule has 0 saturated carbocycles. The molecule has 0 bridgehead atoms. The Hall–Kier alpha value is -2.07. The van der Waals surface area contributed by atoms with Crippen LogP contribution in [-0.4, -0.2) is 11.7 Å². The van der Waals surface area contributed by atoms with E-state index in [1.807, 2.05) is 0 Å². The number of hydrogen-bond acceptors (Lipinski definition) is 4. The normalized spacial score (nSPS) is 11.0. The van der Waals surface area contributed by atoms with Crippen LogP contribution in [0.15, 0.2) is 52.7 Å². The van der Waals surface area contributed by atoms with Gasteiger partial charge in [0, 0.05) is 11.1 Å². The molecule has 0 spiro atoms. The highest BCUT2D eigenvalue weighted by Gasteiger charge is 2.03. The topological polar surface area (TPSA) is 54.2 Å². The van der Waals surface area contributed by atoms with Gasteiger partial charge in [-0.15, -0.1) is 5.11 Å². The van der Waals surface area contributed by atoms with Crippen LogP contribution in [0.2, 0.25) is 5.02 Å². The number of benzene rings is 2. The summed E-state index contributed by atoms with van der Waals surface area (Å²) in [5.41, 5.74) is 1.07. The number of aromatic hydroxyl groups is 1. The molecule has 5 heteroatoms. The van der Waals surface area contributed by atoms with Crippen LogP contribution in [0.4, 0.5) is 11.4 Å². The van der Waals surface area contributed by atoms with Gasteiger partial charge in [0.15, 0.2) is 0 Å². The Bertz CT molecular complexity index is 627. The maximum Gasteiger partial charge on any atom is 0.146 e. The largest absolute Gasteiger partial charge is 0.505 e. The Morgan fingerprint density at radius 1 is 1.05 bits per heavy atom. The third kappa shape index (κ3) is 5.04. The van der Waals surface area contributed by atoms with Gasteiger partial charge < -0.3 is 9.84 Å². The lowest BCUT2D eigenvalue weighted by atomic mass is 10.2. The summed E-state index contributed by atoms with van der Waals surface area (Å²) in [7, 11) is 0. The number of ether oxygens (including phenoxy) is 1. The summed E-state index contributed by atoms with van der Waals surface area (Å²) in [6.07, 6.45) is 3.30. The minimum Gasteiger partial charge on any atom is -0.505 e. The fourth-order valence-corrected chi connectivity index (χ4v) is 1.97. The Kier molecular flexibility index (Phi) is 6.22. The Morgan fingerprint density at radius 3 is 2.50 bits per heavy atom. The Morgan fingerprint density at radius 2 is 1.82 bits per heavy atom. The first kappa shape index (κ1) is 16.3. The monoisotopic (exact) mass is 318 g/mol. The maximum absolute atomic E-state index is 9.96. The highest BCUT2D eigenvalue weighted by atomic mass is 35.5. The summed E-state index contributed by atoms with van der Waals surface area (Å²) < 4.78 is 5.57. The fraction of sp³-hybridized carbons (Fsp3) is 0.294. The van der Waals surface area contributed by atoms with Crippen LogP contribution >= 0.6 is 11.6 Å². The van der Waals surface area contributed by atoms with E-state index >= 15 is 0 Å². The van der Waals surface area contributed by atoms with Gasteiger partial charge in [-0.1, -0.05) is 31.4 Å². The molecule has 116 valence electrons. The zero-order valence-corrected chi connectivity index (χ0v) is 13.3. The van der Waals surface area contributed by atoms with Gasteiger partial charge in [-0.3, -0.25) is 0 Å². The molecule has 0 aliphatic carbocycles. The molecule has 22 heavy (non-hydrogen) atoms. The van der Waals surface area contributed by atoms with Crippen molar-refractivity contribution in [1.29, 1.82) is 0 Å². The van der Waals surface area contributed by atoms with Crippen molar-refractivity contribution in [2.24, 2.45) is 10.2 Å². The van der Waals surface area contributed by atoms with E-state index < -0.39 is 0 Å². The lowest BCUT2D eigenvalue weighted by Gasteiger charge is -2.06. The maximum atomic E-state index is 9.96. The standard InChI is InChI=1S/C17H19ClN2O2/c1-2-3-4-11-22-15-9-10-16(17(21)12-15)20-19-14-7-5-13(18)6-8-14/h5-10,12,21H,2-4,11H2,1H3. The quantitative estimate of drug-likeness (QED) is 0.500. The Balaban J connectivity index is 1.98. The summed E-state index contributed by atoms with van der Waals surface area (Å²) in [6.45, 7) is 2.80. The summed E-state index contributed by atoms with van der Waals surface area (Å²) in [6, 6.07) is 12.0. The number of rotatable bonds is 7. The van der Waals surface area contributed by atoms with Crippen molar-refractivity contribution < 1.29 is 9.84 Å². The van der Waals surface area contributed by atoms with Crippen LogP contribution in [0.3, 0.4) is 0 Å². The SMILES string of the molecule is CCCCCOc1ccc(N=Nc2ccc(Cl)cc2)c(O)c1. The second-order valence-electron chi connectivity index (χ2n) is 4.88. The van der Waals surface area contributed by atoms with Crippen molar-refractivity contribution in [1.82, 2.24) is 0 Å². The second-order valence-corrected chi connectivity index (χ2v) is 5.32. The third-order valence-electron chi connectivity index (χ3n) is 3.06. The van der Waals surface area contributed by atoms with Gasteiger partial charge in [0.2, 0.25) is 0 Å². The zero-order chi connectivity index (χ0) is 15.8. The van der Waals surface area contributed by atoms with E-state index in [0.29, 0.717) is 28.8 Å². The average molecular weight is 319 g/mol. The molecule has 0 amide bonds. The molecular formula is C17H19ClN2O2. The number of azo groups is 1. The molecular weight excluding hydrogens is 300 g/mol. The molecule has 2 aromatic carbocycles. The van der Waals surface area contributed by atoms with Gasteiger partial charge in [-0.25, -0.2) is 0 Å². The number of phenolic OH excluding ortho intramolecular Hbond substituents is 1. The van der Waals surface area contributed by atoms with Crippen molar-refractivity contribution in [2.45, 2.75) is 26.2 Å². The molecule has 0 aliphatic rings. The highest BCUT2D eigenvalue weighted by molar-refractivity contribution is 6.30. The van der Waals surface area contributed by atoms with Gasteiger partial charge in [-0.05, 0) is 42.8 Å². The lowest BCUT2D eigenvalue weighted by Crippen LogP contribution is -1.96. The van der Waals surface area contributed by atoms with Crippen LogP contribution < -0.4 is 4.74 Å². The predicted octanol–water partition coefficient (Wildman–Crippen LogP) is 6.03. The smallest absolute Gasteiger partial charge is 0.146 e. The summed E-state index contributed by atoms with van der Waals surface area (Å²) in [5, 5.41) is 18.7. The number of phenols is 1. The molecule has 0 radical (unpaired) electrons. The molecule has 0 aliphatic heterocycles. The second kappa shape index (κ2) is 8.39.